The number of carbonyl (C=O) groups excluding carboxylic acids is 3. The van der Waals surface area contributed by atoms with Crippen molar-refractivity contribution in [3.05, 3.63) is 54.6 Å². The van der Waals surface area contributed by atoms with Gasteiger partial charge in [-0.1, -0.05) is 69.7 Å². The molecule has 3 amide bonds. The van der Waals surface area contributed by atoms with Gasteiger partial charge in [-0.3, -0.25) is 14.4 Å². The number of benzene rings is 1. The van der Waals surface area contributed by atoms with E-state index in [0.717, 1.165) is 18.5 Å². The minimum atomic E-state index is -0.906. The Morgan fingerprint density at radius 1 is 0.974 bits per heavy atom. The third-order valence-corrected chi connectivity index (χ3v) is 10.9. The van der Waals surface area contributed by atoms with Gasteiger partial charge < -0.3 is 19.8 Å². The number of amides is 3. The molecule has 0 bridgehead atoms. The molecule has 210 valence electrons. The van der Waals surface area contributed by atoms with Gasteiger partial charge in [0.1, 0.15) is 6.04 Å². The van der Waals surface area contributed by atoms with E-state index in [-0.39, 0.29) is 36.3 Å². The third kappa shape index (κ3) is 4.26. The quantitative estimate of drug-likeness (QED) is 0.521. The highest BCUT2D eigenvalue weighted by Gasteiger charge is 2.74. The summed E-state index contributed by atoms with van der Waals surface area (Å²) < 4.78 is -1.57. The van der Waals surface area contributed by atoms with Crippen LogP contribution in [0.1, 0.15) is 47.5 Å². The van der Waals surface area contributed by atoms with E-state index in [0.29, 0.717) is 13.1 Å². The van der Waals surface area contributed by atoms with Crippen LogP contribution in [0.4, 0.5) is 5.69 Å². The van der Waals surface area contributed by atoms with Gasteiger partial charge in [0.05, 0.1) is 29.2 Å². The number of carbonyl (C=O) groups is 3. The van der Waals surface area contributed by atoms with Gasteiger partial charge in [0.25, 0.3) is 0 Å². The van der Waals surface area contributed by atoms with Crippen LogP contribution in [0, 0.1) is 17.8 Å². The van der Waals surface area contributed by atoms with Gasteiger partial charge in [-0.25, -0.2) is 0 Å². The van der Waals surface area contributed by atoms with Gasteiger partial charge in [0.2, 0.25) is 17.7 Å². The zero-order valence-corrected chi connectivity index (χ0v) is 24.4. The Balaban J connectivity index is 1.66. The predicted molar refractivity (Wildman–Crippen MR) is 155 cm³/mol. The second-order valence-corrected chi connectivity index (χ2v) is 13.7. The first kappa shape index (κ1) is 28.0. The normalized spacial score (nSPS) is 33.7. The molecule has 5 rings (SSSR count). The molecule has 1 N–H and O–H groups in total. The van der Waals surface area contributed by atoms with Gasteiger partial charge in [-0.2, -0.15) is 0 Å². The standard InChI is InChI=1S/C31H41N3O4S/c1-6-12-21(4)32-17-11-16-31-25(28(37)34(26(31)29(32)38)23(19-35)20(2)3)24-27(36)33(22-13-8-7-9-14-22)18-10-15-30(24,5)39-31/h7-11,13-16,20-21,23-26,35H,6,12,17-19H2,1-5H3/t21?,23-,24-,25-,26?,30+,31-/m0/s1. The lowest BCUT2D eigenvalue weighted by Crippen LogP contribution is -2.59. The van der Waals surface area contributed by atoms with Crippen molar-refractivity contribution in [2.45, 2.75) is 75.1 Å². The van der Waals surface area contributed by atoms with E-state index in [2.05, 4.69) is 26.0 Å². The molecule has 1 spiro atoms. The van der Waals surface area contributed by atoms with E-state index in [9.17, 15) is 19.5 Å². The number of anilines is 1. The molecule has 39 heavy (non-hydrogen) atoms. The molecule has 2 fully saturated rings. The molecule has 0 aromatic heterocycles. The molecular formula is C31H41N3O4S. The highest BCUT2D eigenvalue weighted by Crippen LogP contribution is 2.66. The van der Waals surface area contributed by atoms with Crippen LogP contribution in [0.25, 0.3) is 0 Å². The molecule has 0 saturated carbocycles. The van der Waals surface area contributed by atoms with Crippen LogP contribution in [0.2, 0.25) is 0 Å². The number of hydrogen-bond acceptors (Lipinski definition) is 5. The fraction of sp³-hybridized carbons (Fsp3) is 0.581. The van der Waals surface area contributed by atoms with Crippen molar-refractivity contribution in [1.29, 1.82) is 0 Å². The maximum absolute atomic E-state index is 14.6. The van der Waals surface area contributed by atoms with Crippen molar-refractivity contribution in [2.24, 2.45) is 17.8 Å². The van der Waals surface area contributed by atoms with E-state index in [1.54, 1.807) is 21.6 Å². The number of hydrogen-bond donors (Lipinski definition) is 1. The van der Waals surface area contributed by atoms with Crippen molar-refractivity contribution in [2.75, 3.05) is 24.6 Å². The lowest BCUT2D eigenvalue weighted by atomic mass is 9.74. The minimum Gasteiger partial charge on any atom is -0.394 e. The first-order valence-corrected chi connectivity index (χ1v) is 15.1. The first-order valence-electron chi connectivity index (χ1n) is 14.3. The molecule has 8 heteroatoms. The van der Waals surface area contributed by atoms with Gasteiger partial charge >= 0.3 is 0 Å². The SMILES string of the molecule is CCCC(C)N1CC=C[C@]23S[C@]4(C)C=CCN(c5ccccc5)C(=O)[C@@H]4[C@H]2C(=O)N([C@@H](CO)C(C)C)C3C1=O. The van der Waals surface area contributed by atoms with Crippen LogP contribution < -0.4 is 4.90 Å². The summed E-state index contributed by atoms with van der Waals surface area (Å²) in [4.78, 5) is 48.9. The summed E-state index contributed by atoms with van der Waals surface area (Å²) in [5.41, 5.74) is 0.795. The van der Waals surface area contributed by atoms with Crippen molar-refractivity contribution in [3.63, 3.8) is 0 Å². The molecule has 4 aliphatic rings. The van der Waals surface area contributed by atoms with Crippen LogP contribution >= 0.6 is 11.8 Å². The lowest BCUT2D eigenvalue weighted by Gasteiger charge is -2.41. The van der Waals surface area contributed by atoms with E-state index in [1.165, 1.54) is 0 Å². The Kier molecular flexibility index (Phi) is 7.48. The molecule has 0 radical (unpaired) electrons. The van der Waals surface area contributed by atoms with Crippen molar-refractivity contribution in [3.8, 4) is 0 Å². The summed E-state index contributed by atoms with van der Waals surface area (Å²) in [5.74, 6) is -1.80. The zero-order valence-electron chi connectivity index (χ0n) is 23.6. The fourth-order valence-electron chi connectivity index (χ4n) is 7.27. The number of rotatable bonds is 7. The fourth-order valence-corrected chi connectivity index (χ4v) is 9.41. The second-order valence-electron chi connectivity index (χ2n) is 12.0. The molecule has 7 atom stereocenters. The van der Waals surface area contributed by atoms with Crippen molar-refractivity contribution >= 4 is 35.2 Å². The van der Waals surface area contributed by atoms with Crippen LogP contribution in [-0.2, 0) is 14.4 Å². The maximum Gasteiger partial charge on any atom is 0.247 e. The first-order chi connectivity index (χ1) is 18.6. The highest BCUT2D eigenvalue weighted by molar-refractivity contribution is 8.02. The average Bonchev–Trinajstić information content (AvgIpc) is 3.16. The largest absolute Gasteiger partial charge is 0.394 e. The van der Waals surface area contributed by atoms with Crippen molar-refractivity contribution in [1.82, 2.24) is 9.80 Å². The van der Waals surface area contributed by atoms with Crippen LogP contribution in [0.3, 0.4) is 0 Å². The monoisotopic (exact) mass is 551 g/mol. The maximum atomic E-state index is 14.6. The van der Waals surface area contributed by atoms with Gasteiger partial charge in [-0.15, -0.1) is 11.8 Å². The second kappa shape index (κ2) is 10.4. The molecular weight excluding hydrogens is 510 g/mol. The molecule has 1 aromatic carbocycles. The number of fused-ring (bicyclic) bond motifs is 2. The summed E-state index contributed by atoms with van der Waals surface area (Å²) in [7, 11) is 0. The van der Waals surface area contributed by atoms with Gasteiger partial charge in [0, 0.05) is 29.6 Å². The predicted octanol–water partition coefficient (Wildman–Crippen LogP) is 3.88. The molecule has 2 saturated heterocycles. The summed E-state index contributed by atoms with van der Waals surface area (Å²) in [6.07, 6.45) is 10.0. The Morgan fingerprint density at radius 3 is 2.31 bits per heavy atom. The number of aliphatic hydroxyl groups is 1. The Bertz CT molecular complexity index is 1190. The molecule has 2 unspecified atom stereocenters. The zero-order chi connectivity index (χ0) is 28.1. The van der Waals surface area contributed by atoms with Crippen LogP contribution in [-0.4, -0.2) is 79.9 Å². The topological polar surface area (TPSA) is 81.2 Å². The summed E-state index contributed by atoms with van der Waals surface area (Å²) in [5, 5.41) is 10.5. The number of likely N-dealkylation sites (tertiary alicyclic amines) is 1. The lowest BCUT2D eigenvalue weighted by molar-refractivity contribution is -0.147. The van der Waals surface area contributed by atoms with Crippen LogP contribution in [0.5, 0.6) is 0 Å². The number of para-hydroxylation sites is 1. The van der Waals surface area contributed by atoms with E-state index in [1.807, 2.05) is 68.2 Å². The molecule has 7 nitrogen and oxygen atoms in total. The number of aliphatic hydroxyl groups excluding tert-OH is 1. The summed E-state index contributed by atoms with van der Waals surface area (Å²) in [6.45, 7) is 10.8. The average molecular weight is 552 g/mol. The Labute approximate surface area is 236 Å². The van der Waals surface area contributed by atoms with Crippen molar-refractivity contribution < 1.29 is 19.5 Å². The Hall–Kier alpha value is -2.58. The van der Waals surface area contributed by atoms with E-state index < -0.39 is 33.4 Å². The van der Waals surface area contributed by atoms with E-state index in [4.69, 9.17) is 0 Å². The van der Waals surface area contributed by atoms with Crippen LogP contribution in [0.15, 0.2) is 54.6 Å². The number of nitrogens with zero attached hydrogens (tertiary/aromatic N) is 3. The molecule has 1 aromatic rings. The summed E-state index contributed by atoms with van der Waals surface area (Å²) >= 11 is 1.59. The van der Waals surface area contributed by atoms with Gasteiger partial charge in [-0.05, 0) is 38.3 Å². The minimum absolute atomic E-state index is 0.0208. The summed E-state index contributed by atoms with van der Waals surface area (Å²) in [6, 6.07) is 8.29. The molecule has 0 aliphatic carbocycles. The molecule has 4 aliphatic heterocycles. The molecule has 4 heterocycles. The third-order valence-electron chi connectivity index (χ3n) is 9.15. The smallest absolute Gasteiger partial charge is 0.247 e. The Morgan fingerprint density at radius 2 is 1.67 bits per heavy atom. The van der Waals surface area contributed by atoms with Gasteiger partial charge in [0.15, 0.2) is 0 Å². The number of thioether (sulfide) groups is 1. The van der Waals surface area contributed by atoms with E-state index >= 15 is 0 Å². The highest BCUT2D eigenvalue weighted by atomic mass is 32.2.